The van der Waals surface area contributed by atoms with E-state index in [0.29, 0.717) is 30.9 Å². The van der Waals surface area contributed by atoms with Gasteiger partial charge in [-0.1, -0.05) is 6.08 Å². The van der Waals surface area contributed by atoms with Crippen LogP contribution >= 0.6 is 0 Å². The fraction of sp³-hybridized carbons (Fsp3) is 0.850. The molecule has 0 unspecified atom stereocenters. The first-order valence-corrected chi connectivity index (χ1v) is 9.76. The predicted molar refractivity (Wildman–Crippen MR) is 93.9 cm³/mol. The number of nitrogens with zero attached hydrogens (tertiary/aromatic N) is 1. The van der Waals surface area contributed by atoms with Crippen LogP contribution in [-0.2, 0) is 4.74 Å². The molecule has 3 rings (SSSR count). The zero-order valence-electron chi connectivity index (χ0n) is 14.4. The fourth-order valence-electron chi connectivity index (χ4n) is 4.09. The van der Waals surface area contributed by atoms with Crippen LogP contribution in [0.25, 0.3) is 0 Å². The summed E-state index contributed by atoms with van der Waals surface area (Å²) in [5, 5.41) is 0. The molecular weight excluding hydrogens is 289 g/mol. The van der Waals surface area contributed by atoms with Gasteiger partial charge in [0.05, 0.1) is 12.7 Å². The van der Waals surface area contributed by atoms with E-state index in [9.17, 15) is 4.39 Å². The first-order chi connectivity index (χ1) is 11.3. The number of rotatable bonds is 5. The summed E-state index contributed by atoms with van der Waals surface area (Å²) < 4.78 is 19.3. The third-order valence-corrected chi connectivity index (χ3v) is 5.74. The lowest BCUT2D eigenvalue weighted by Crippen LogP contribution is -2.24. The Hall–Kier alpha value is -0.700. The molecule has 2 saturated carbocycles. The van der Waals surface area contributed by atoms with Gasteiger partial charge in [0, 0.05) is 12.3 Å². The van der Waals surface area contributed by atoms with Crippen LogP contribution in [0.1, 0.15) is 77.0 Å². The maximum atomic E-state index is 13.1. The average molecular weight is 321 g/mol. The predicted octanol–water partition coefficient (Wildman–Crippen LogP) is 5.41. The molecule has 2 nitrogen and oxygen atoms in total. The summed E-state index contributed by atoms with van der Waals surface area (Å²) in [7, 11) is 0. The van der Waals surface area contributed by atoms with Gasteiger partial charge >= 0.3 is 0 Å². The second kappa shape index (κ2) is 8.96. The largest absolute Gasteiger partial charge is 0.374 e. The summed E-state index contributed by atoms with van der Waals surface area (Å²) in [5.74, 6) is 0.617. The number of aliphatic imine (C=N–C) groups is 1. The van der Waals surface area contributed by atoms with Crippen molar-refractivity contribution in [2.75, 3.05) is 6.61 Å². The van der Waals surface area contributed by atoms with Gasteiger partial charge in [0.2, 0.25) is 0 Å². The van der Waals surface area contributed by atoms with Crippen LogP contribution in [0.2, 0.25) is 0 Å². The number of halogens is 1. The highest BCUT2D eigenvalue weighted by Crippen LogP contribution is 2.28. The zero-order valence-corrected chi connectivity index (χ0v) is 14.4. The summed E-state index contributed by atoms with van der Waals surface area (Å²) >= 11 is 0. The minimum atomic E-state index is -0.576. The summed E-state index contributed by atoms with van der Waals surface area (Å²) in [5.41, 5.74) is 1.52. The molecule has 0 aromatic rings. The van der Waals surface area contributed by atoms with Gasteiger partial charge < -0.3 is 4.74 Å². The van der Waals surface area contributed by atoms with Crippen molar-refractivity contribution in [2.24, 2.45) is 10.9 Å². The Morgan fingerprint density at radius 3 is 2.52 bits per heavy atom. The van der Waals surface area contributed by atoms with E-state index in [2.05, 4.69) is 12.3 Å². The smallest absolute Gasteiger partial charge is 0.100 e. The fourth-order valence-corrected chi connectivity index (χ4v) is 4.09. The van der Waals surface area contributed by atoms with Gasteiger partial charge in [-0.3, -0.25) is 4.99 Å². The van der Waals surface area contributed by atoms with Crippen molar-refractivity contribution in [3.8, 4) is 0 Å². The molecule has 0 N–H and O–H groups in total. The minimum Gasteiger partial charge on any atom is -0.374 e. The summed E-state index contributed by atoms with van der Waals surface area (Å²) in [6.07, 6.45) is 17.6. The third-order valence-electron chi connectivity index (χ3n) is 5.74. The van der Waals surface area contributed by atoms with E-state index >= 15 is 0 Å². The lowest BCUT2D eigenvalue weighted by atomic mass is 9.87. The number of allylic oxidation sites excluding steroid dienone is 1. The Kier molecular flexibility index (Phi) is 6.67. The molecule has 0 bridgehead atoms. The molecule has 23 heavy (non-hydrogen) atoms. The summed E-state index contributed by atoms with van der Waals surface area (Å²) in [6.45, 7) is 0.857. The molecule has 0 saturated heterocycles. The number of hydrogen-bond acceptors (Lipinski definition) is 2. The van der Waals surface area contributed by atoms with Crippen molar-refractivity contribution in [2.45, 2.75) is 95.4 Å². The quantitative estimate of drug-likeness (QED) is 0.490. The van der Waals surface area contributed by atoms with Gasteiger partial charge in [0.25, 0.3) is 0 Å². The van der Waals surface area contributed by atoms with E-state index < -0.39 is 6.17 Å². The Labute approximate surface area is 140 Å². The Morgan fingerprint density at radius 2 is 1.83 bits per heavy atom. The van der Waals surface area contributed by atoms with Crippen molar-refractivity contribution in [3.05, 3.63) is 11.6 Å². The highest BCUT2D eigenvalue weighted by Gasteiger charge is 2.23. The molecule has 0 atom stereocenters. The van der Waals surface area contributed by atoms with Crippen molar-refractivity contribution >= 4 is 6.21 Å². The van der Waals surface area contributed by atoms with Crippen LogP contribution in [0.5, 0.6) is 0 Å². The van der Waals surface area contributed by atoms with E-state index in [-0.39, 0.29) is 0 Å². The van der Waals surface area contributed by atoms with E-state index in [1.54, 1.807) is 0 Å². The first-order valence-electron chi connectivity index (χ1n) is 9.76. The van der Waals surface area contributed by atoms with Crippen LogP contribution in [-0.4, -0.2) is 31.1 Å². The lowest BCUT2D eigenvalue weighted by molar-refractivity contribution is 0.0363. The van der Waals surface area contributed by atoms with E-state index in [1.165, 1.54) is 56.9 Å². The van der Waals surface area contributed by atoms with E-state index in [4.69, 9.17) is 9.73 Å². The van der Waals surface area contributed by atoms with Crippen molar-refractivity contribution in [3.63, 3.8) is 0 Å². The second-order valence-corrected chi connectivity index (χ2v) is 7.66. The van der Waals surface area contributed by atoms with Crippen LogP contribution < -0.4 is 0 Å². The number of ether oxygens (including phenoxy) is 1. The maximum absolute atomic E-state index is 13.1. The van der Waals surface area contributed by atoms with Gasteiger partial charge in [-0.25, -0.2) is 4.39 Å². The molecule has 130 valence electrons. The molecule has 0 amide bonds. The lowest BCUT2D eigenvalue weighted by Gasteiger charge is -2.28. The first kappa shape index (κ1) is 17.1. The molecule has 3 aliphatic carbocycles. The normalized spacial score (nSPS) is 36.1. The minimum absolute atomic E-state index is 0.384. The molecule has 0 aliphatic heterocycles. The zero-order chi connectivity index (χ0) is 15.9. The molecule has 0 heterocycles. The highest BCUT2D eigenvalue weighted by molar-refractivity contribution is 5.61. The Balaban J connectivity index is 1.32. The van der Waals surface area contributed by atoms with Crippen molar-refractivity contribution in [1.29, 1.82) is 0 Å². The molecule has 0 spiro atoms. The molecule has 3 aliphatic rings. The molecule has 0 aromatic carbocycles. The molecule has 0 aromatic heterocycles. The van der Waals surface area contributed by atoms with Crippen LogP contribution in [0.15, 0.2) is 16.6 Å². The maximum Gasteiger partial charge on any atom is 0.100 e. The topological polar surface area (TPSA) is 21.6 Å². The molecular formula is C20H32FNO. The van der Waals surface area contributed by atoms with E-state index in [1.807, 2.05) is 0 Å². The SMILES string of the molecule is FC1CCC(N=CC2CCC(OCC3=CCCCC3)CC2)CC1. The van der Waals surface area contributed by atoms with E-state index in [0.717, 1.165) is 19.4 Å². The van der Waals surface area contributed by atoms with Crippen LogP contribution in [0.3, 0.4) is 0 Å². The van der Waals surface area contributed by atoms with Crippen molar-refractivity contribution in [1.82, 2.24) is 0 Å². The number of hydrogen-bond donors (Lipinski definition) is 0. The third kappa shape index (κ3) is 5.70. The Morgan fingerprint density at radius 1 is 1.04 bits per heavy atom. The monoisotopic (exact) mass is 321 g/mol. The summed E-state index contributed by atoms with van der Waals surface area (Å²) in [4.78, 5) is 4.74. The van der Waals surface area contributed by atoms with Gasteiger partial charge in [0.1, 0.15) is 6.17 Å². The van der Waals surface area contributed by atoms with Gasteiger partial charge in [-0.15, -0.1) is 0 Å². The molecule has 0 radical (unpaired) electrons. The highest BCUT2D eigenvalue weighted by atomic mass is 19.1. The number of alkyl halides is 1. The van der Waals surface area contributed by atoms with Gasteiger partial charge in [-0.05, 0) is 88.5 Å². The Bertz CT molecular complexity index is 404. The van der Waals surface area contributed by atoms with Crippen molar-refractivity contribution < 1.29 is 9.13 Å². The van der Waals surface area contributed by atoms with Crippen LogP contribution in [0, 0.1) is 5.92 Å². The standard InChI is InChI=1S/C20H32FNO/c21-18-8-10-19(11-9-18)22-14-16-6-12-20(13-7-16)23-15-17-4-2-1-3-5-17/h4,14,16,18-20H,1-3,5-13,15H2. The summed E-state index contributed by atoms with van der Waals surface area (Å²) in [6, 6.07) is 0.384. The molecule has 2 fully saturated rings. The van der Waals surface area contributed by atoms with Gasteiger partial charge in [-0.2, -0.15) is 0 Å². The second-order valence-electron chi connectivity index (χ2n) is 7.66. The molecule has 3 heteroatoms. The average Bonchev–Trinajstić information content (AvgIpc) is 2.61. The van der Waals surface area contributed by atoms with Crippen LogP contribution in [0.4, 0.5) is 4.39 Å². The van der Waals surface area contributed by atoms with Gasteiger partial charge in [0.15, 0.2) is 0 Å².